The van der Waals surface area contributed by atoms with E-state index in [0.717, 1.165) is 17.0 Å². The summed E-state index contributed by atoms with van der Waals surface area (Å²) in [7, 11) is 0. The van der Waals surface area contributed by atoms with E-state index in [4.69, 9.17) is 9.72 Å². The summed E-state index contributed by atoms with van der Waals surface area (Å²) in [5, 5.41) is 5.76. The third-order valence-corrected chi connectivity index (χ3v) is 7.42. The largest absolute Gasteiger partial charge is 0.494 e. The highest BCUT2D eigenvalue weighted by atomic mass is 32.2. The molecule has 1 unspecified atom stereocenters. The number of anilines is 1. The maximum Gasteiger partial charge on any atom is 0.266 e. The number of benzene rings is 3. The molecule has 1 amide bonds. The number of thioether (sulfide) groups is 1. The molecule has 0 bridgehead atoms. The number of nitrogens with one attached hydrogen (secondary N) is 1. The Balaban J connectivity index is 1.36. The number of para-hydroxylation sites is 2. The van der Waals surface area contributed by atoms with Gasteiger partial charge in [-0.05, 0) is 62.4 Å². The van der Waals surface area contributed by atoms with Gasteiger partial charge in [-0.25, -0.2) is 9.97 Å². The molecular formula is C28H24N4O3S2. The van der Waals surface area contributed by atoms with E-state index < -0.39 is 5.25 Å². The Kier molecular flexibility index (Phi) is 7.34. The minimum absolute atomic E-state index is 0.174. The van der Waals surface area contributed by atoms with Gasteiger partial charge < -0.3 is 10.1 Å². The molecule has 3 aromatic carbocycles. The fourth-order valence-electron chi connectivity index (χ4n) is 3.77. The van der Waals surface area contributed by atoms with Gasteiger partial charge in [-0.3, -0.25) is 14.2 Å². The Labute approximate surface area is 222 Å². The van der Waals surface area contributed by atoms with Crippen molar-refractivity contribution < 1.29 is 9.53 Å². The number of aromatic nitrogens is 3. The van der Waals surface area contributed by atoms with Gasteiger partial charge in [-0.15, -0.1) is 11.3 Å². The van der Waals surface area contributed by atoms with Crippen LogP contribution in [0, 0.1) is 0 Å². The molecule has 0 spiro atoms. The van der Waals surface area contributed by atoms with Crippen LogP contribution in [0.15, 0.2) is 94.2 Å². The third-order valence-electron chi connectivity index (χ3n) is 5.61. The van der Waals surface area contributed by atoms with Gasteiger partial charge in [0.15, 0.2) is 10.3 Å². The SMILES string of the molecule is CCOc1ccc(-c2csc(NC(=O)C(C)Sc3nc4ccccc4c(=O)n3-c3ccccc3)n2)cc1. The molecule has 9 heteroatoms. The first-order chi connectivity index (χ1) is 18.0. The highest BCUT2D eigenvalue weighted by molar-refractivity contribution is 8.00. The summed E-state index contributed by atoms with van der Waals surface area (Å²) in [5.41, 5.74) is 2.83. The van der Waals surface area contributed by atoms with Gasteiger partial charge >= 0.3 is 0 Å². The third kappa shape index (κ3) is 5.42. The van der Waals surface area contributed by atoms with E-state index >= 15 is 0 Å². The lowest BCUT2D eigenvalue weighted by atomic mass is 10.2. The molecule has 0 fully saturated rings. The summed E-state index contributed by atoms with van der Waals surface area (Å²) in [5.74, 6) is 0.580. The van der Waals surface area contributed by atoms with E-state index in [-0.39, 0.29) is 11.5 Å². The second kappa shape index (κ2) is 11.0. The van der Waals surface area contributed by atoms with Gasteiger partial charge in [0.25, 0.3) is 5.56 Å². The van der Waals surface area contributed by atoms with Crippen LogP contribution in [-0.2, 0) is 4.79 Å². The number of ether oxygens (including phenoxy) is 1. The lowest BCUT2D eigenvalue weighted by molar-refractivity contribution is -0.115. The smallest absolute Gasteiger partial charge is 0.266 e. The Morgan fingerprint density at radius 1 is 1.03 bits per heavy atom. The predicted octanol–water partition coefficient (Wildman–Crippen LogP) is 6.03. The van der Waals surface area contributed by atoms with Crippen molar-refractivity contribution in [2.24, 2.45) is 0 Å². The molecule has 0 saturated heterocycles. The van der Waals surface area contributed by atoms with Crippen molar-refractivity contribution in [2.45, 2.75) is 24.3 Å². The van der Waals surface area contributed by atoms with Crippen LogP contribution in [0.25, 0.3) is 27.8 Å². The van der Waals surface area contributed by atoms with Crippen molar-refractivity contribution >= 4 is 45.0 Å². The second-order valence-corrected chi connectivity index (χ2v) is 10.3. The average Bonchev–Trinajstić information content (AvgIpc) is 3.38. The number of hydrogen-bond donors (Lipinski definition) is 1. The lowest BCUT2D eigenvalue weighted by Gasteiger charge is -2.16. The molecule has 0 aliphatic rings. The Bertz CT molecular complexity index is 1600. The molecule has 7 nitrogen and oxygen atoms in total. The topological polar surface area (TPSA) is 86.1 Å². The minimum Gasteiger partial charge on any atom is -0.494 e. The Hall–Kier alpha value is -3.95. The molecule has 0 aliphatic carbocycles. The van der Waals surface area contributed by atoms with Crippen molar-refractivity contribution in [1.29, 1.82) is 0 Å². The lowest BCUT2D eigenvalue weighted by Crippen LogP contribution is -2.26. The Morgan fingerprint density at radius 2 is 1.76 bits per heavy atom. The van der Waals surface area contributed by atoms with E-state index in [9.17, 15) is 9.59 Å². The van der Waals surface area contributed by atoms with Gasteiger partial charge in [0, 0.05) is 10.9 Å². The van der Waals surface area contributed by atoms with Crippen molar-refractivity contribution in [3.8, 4) is 22.7 Å². The van der Waals surface area contributed by atoms with Gasteiger partial charge in [-0.1, -0.05) is 42.1 Å². The first kappa shape index (κ1) is 24.7. The van der Waals surface area contributed by atoms with E-state index in [0.29, 0.717) is 33.5 Å². The number of amides is 1. The van der Waals surface area contributed by atoms with Crippen LogP contribution >= 0.6 is 23.1 Å². The maximum atomic E-state index is 13.4. The van der Waals surface area contributed by atoms with Crippen molar-refractivity contribution in [3.05, 3.63) is 94.6 Å². The van der Waals surface area contributed by atoms with Gasteiger partial charge in [0.1, 0.15) is 5.75 Å². The molecule has 1 N–H and O–H groups in total. The molecule has 0 saturated carbocycles. The molecule has 186 valence electrons. The normalized spacial score (nSPS) is 11.8. The highest BCUT2D eigenvalue weighted by Crippen LogP contribution is 2.29. The molecule has 2 aromatic heterocycles. The van der Waals surface area contributed by atoms with Crippen LogP contribution in [0.2, 0.25) is 0 Å². The number of fused-ring (bicyclic) bond motifs is 1. The molecule has 5 aromatic rings. The quantitative estimate of drug-likeness (QED) is 0.196. The van der Waals surface area contributed by atoms with E-state index in [1.807, 2.05) is 79.0 Å². The second-order valence-electron chi connectivity index (χ2n) is 8.13. The maximum absolute atomic E-state index is 13.4. The van der Waals surface area contributed by atoms with Crippen molar-refractivity contribution in [2.75, 3.05) is 11.9 Å². The number of hydrogen-bond acceptors (Lipinski definition) is 7. The van der Waals surface area contributed by atoms with Gasteiger partial charge in [0.05, 0.1) is 34.1 Å². The predicted molar refractivity (Wildman–Crippen MR) is 150 cm³/mol. The van der Waals surface area contributed by atoms with Gasteiger partial charge in [-0.2, -0.15) is 0 Å². The van der Waals surface area contributed by atoms with Crippen LogP contribution in [-0.4, -0.2) is 32.3 Å². The molecule has 5 rings (SSSR count). The summed E-state index contributed by atoms with van der Waals surface area (Å²) in [4.78, 5) is 35.8. The monoisotopic (exact) mass is 528 g/mol. The van der Waals surface area contributed by atoms with Crippen LogP contribution < -0.4 is 15.6 Å². The van der Waals surface area contributed by atoms with Gasteiger partial charge in [0.2, 0.25) is 5.91 Å². The number of thiazole rings is 1. The molecule has 1 atom stereocenters. The summed E-state index contributed by atoms with van der Waals surface area (Å²) < 4.78 is 7.05. The summed E-state index contributed by atoms with van der Waals surface area (Å²) in [6, 6.07) is 24.2. The van der Waals surface area contributed by atoms with Crippen LogP contribution in [0.5, 0.6) is 5.75 Å². The van der Waals surface area contributed by atoms with Crippen LogP contribution in [0.3, 0.4) is 0 Å². The Morgan fingerprint density at radius 3 is 2.51 bits per heavy atom. The van der Waals surface area contributed by atoms with E-state index in [2.05, 4.69) is 10.3 Å². The number of carbonyl (C=O) groups excluding carboxylic acids is 1. The highest BCUT2D eigenvalue weighted by Gasteiger charge is 2.21. The van der Waals surface area contributed by atoms with E-state index in [1.54, 1.807) is 23.6 Å². The standard InChI is InChI=1S/C28H24N4O3S2/c1-3-35-21-15-13-19(14-16-21)24-17-36-27(29-24)31-25(33)18(2)37-28-30-23-12-8-7-11-22(23)26(34)32(28)20-9-5-4-6-10-20/h4-18H,3H2,1-2H3,(H,29,31,33). The summed E-state index contributed by atoms with van der Waals surface area (Å²) in [6.45, 7) is 4.34. The van der Waals surface area contributed by atoms with Crippen molar-refractivity contribution in [3.63, 3.8) is 0 Å². The van der Waals surface area contributed by atoms with E-state index in [1.165, 1.54) is 23.1 Å². The number of rotatable bonds is 8. The summed E-state index contributed by atoms with van der Waals surface area (Å²) >= 11 is 2.59. The van der Waals surface area contributed by atoms with Crippen LogP contribution in [0.1, 0.15) is 13.8 Å². The zero-order valence-corrected chi connectivity index (χ0v) is 21.9. The average molecular weight is 529 g/mol. The number of nitrogens with zero attached hydrogens (tertiary/aromatic N) is 3. The molecule has 37 heavy (non-hydrogen) atoms. The zero-order chi connectivity index (χ0) is 25.8. The molecule has 2 heterocycles. The number of carbonyl (C=O) groups is 1. The van der Waals surface area contributed by atoms with Crippen LogP contribution in [0.4, 0.5) is 5.13 Å². The fraction of sp³-hybridized carbons (Fsp3) is 0.143. The molecule has 0 radical (unpaired) electrons. The first-order valence-electron chi connectivity index (χ1n) is 11.8. The molecular weight excluding hydrogens is 504 g/mol. The minimum atomic E-state index is -0.527. The van der Waals surface area contributed by atoms with Crippen molar-refractivity contribution in [1.82, 2.24) is 14.5 Å². The summed E-state index contributed by atoms with van der Waals surface area (Å²) in [6.07, 6.45) is 0. The fourth-order valence-corrected chi connectivity index (χ4v) is 5.42. The zero-order valence-electron chi connectivity index (χ0n) is 20.3. The first-order valence-corrected chi connectivity index (χ1v) is 13.5. The molecule has 0 aliphatic heterocycles.